The number of carbonyl (C=O) groups excluding carboxylic acids is 2. The molecule has 0 bridgehead atoms. The van der Waals surface area contributed by atoms with Gasteiger partial charge in [-0.1, -0.05) is 30.3 Å². The van der Waals surface area contributed by atoms with Crippen molar-refractivity contribution in [2.45, 2.75) is 19.0 Å². The van der Waals surface area contributed by atoms with Gasteiger partial charge >= 0.3 is 0 Å². The van der Waals surface area contributed by atoms with Crippen molar-refractivity contribution in [1.29, 1.82) is 0 Å². The van der Waals surface area contributed by atoms with Gasteiger partial charge in [0.25, 0.3) is 11.8 Å². The molecule has 8 nitrogen and oxygen atoms in total. The first-order valence-corrected chi connectivity index (χ1v) is 10.3. The smallest absolute Gasteiger partial charge is 0.275 e. The van der Waals surface area contributed by atoms with Crippen molar-refractivity contribution in [3.8, 4) is 0 Å². The first-order chi connectivity index (χ1) is 14.7. The Bertz CT molecular complexity index is 1220. The molecule has 0 aliphatic carbocycles. The normalized spacial score (nSPS) is 15.7. The monoisotopic (exact) mass is 418 g/mol. The van der Waals surface area contributed by atoms with Crippen molar-refractivity contribution < 1.29 is 9.59 Å². The van der Waals surface area contributed by atoms with Gasteiger partial charge in [-0.25, -0.2) is 0 Å². The second kappa shape index (κ2) is 7.68. The highest BCUT2D eigenvalue weighted by molar-refractivity contribution is 6.99. The van der Waals surface area contributed by atoms with E-state index < -0.39 is 0 Å². The molecule has 30 heavy (non-hydrogen) atoms. The number of aromatic amines is 1. The summed E-state index contributed by atoms with van der Waals surface area (Å²) in [5.74, 6) is -0.363. The summed E-state index contributed by atoms with van der Waals surface area (Å²) in [4.78, 5) is 27.7. The summed E-state index contributed by atoms with van der Waals surface area (Å²) >= 11 is 1.01. The summed E-state index contributed by atoms with van der Waals surface area (Å²) in [6, 6.07) is 13.4. The lowest BCUT2D eigenvalue weighted by Gasteiger charge is -2.36. The Morgan fingerprint density at radius 3 is 2.83 bits per heavy atom. The molecule has 1 unspecified atom stereocenters. The maximum Gasteiger partial charge on any atom is 0.275 e. The van der Waals surface area contributed by atoms with Crippen molar-refractivity contribution in [3.05, 3.63) is 77.2 Å². The number of nitrogens with zero attached hydrogens (tertiary/aromatic N) is 4. The minimum absolute atomic E-state index is 0.172. The first kappa shape index (κ1) is 18.4. The number of aromatic nitrogens is 4. The highest BCUT2D eigenvalue weighted by Gasteiger charge is 2.31. The predicted octanol–water partition coefficient (Wildman–Crippen LogP) is 2.41. The maximum absolute atomic E-state index is 13.0. The van der Waals surface area contributed by atoms with Crippen LogP contribution in [0.5, 0.6) is 0 Å². The van der Waals surface area contributed by atoms with Crippen LogP contribution in [0.15, 0.2) is 54.9 Å². The second-order valence-corrected chi connectivity index (χ2v) is 7.76. The SMILES string of the molecule is O=C(NCC1Cc2ccccc2CN1C(=O)c1cnsn1)c1cccc2[nH]ncc12. The maximum atomic E-state index is 13.0. The fourth-order valence-electron chi connectivity index (χ4n) is 3.89. The van der Waals surface area contributed by atoms with Crippen LogP contribution in [-0.4, -0.2) is 48.2 Å². The quantitative estimate of drug-likeness (QED) is 0.530. The molecule has 2 N–H and O–H groups in total. The molecule has 9 heteroatoms. The van der Waals surface area contributed by atoms with E-state index in [1.807, 2.05) is 30.3 Å². The van der Waals surface area contributed by atoms with Crippen molar-refractivity contribution in [2.75, 3.05) is 6.54 Å². The van der Waals surface area contributed by atoms with Crippen LogP contribution in [-0.2, 0) is 13.0 Å². The third kappa shape index (κ3) is 3.33. The van der Waals surface area contributed by atoms with Crippen molar-refractivity contribution in [1.82, 2.24) is 29.2 Å². The van der Waals surface area contributed by atoms with Crippen LogP contribution >= 0.6 is 11.7 Å². The molecule has 0 fully saturated rings. The van der Waals surface area contributed by atoms with E-state index in [0.717, 1.165) is 28.2 Å². The lowest BCUT2D eigenvalue weighted by molar-refractivity contribution is 0.0624. The van der Waals surface area contributed by atoms with Gasteiger partial charge in [-0.15, -0.1) is 0 Å². The Labute approximate surface area is 176 Å². The summed E-state index contributed by atoms with van der Waals surface area (Å²) in [5, 5.41) is 10.7. The van der Waals surface area contributed by atoms with Crippen LogP contribution in [0.4, 0.5) is 0 Å². The number of hydrogen-bond donors (Lipinski definition) is 2. The van der Waals surface area contributed by atoms with Gasteiger partial charge in [0, 0.05) is 18.5 Å². The summed E-state index contributed by atoms with van der Waals surface area (Å²) in [7, 11) is 0. The van der Waals surface area contributed by atoms with Gasteiger partial charge in [0.15, 0.2) is 5.69 Å². The van der Waals surface area contributed by atoms with Gasteiger partial charge in [0.1, 0.15) is 0 Å². The molecule has 5 rings (SSSR count). The van der Waals surface area contributed by atoms with Gasteiger partial charge in [0.2, 0.25) is 0 Å². The molecule has 2 amide bonds. The lowest BCUT2D eigenvalue weighted by atomic mass is 9.93. The molecule has 1 atom stereocenters. The number of rotatable bonds is 4. The van der Waals surface area contributed by atoms with Crippen LogP contribution < -0.4 is 5.32 Å². The zero-order valence-electron chi connectivity index (χ0n) is 15.9. The average Bonchev–Trinajstić information content (AvgIpc) is 3.48. The van der Waals surface area contributed by atoms with E-state index in [4.69, 9.17) is 0 Å². The molecular formula is C21H18N6O2S. The van der Waals surface area contributed by atoms with Gasteiger partial charge in [-0.05, 0) is 29.7 Å². The summed E-state index contributed by atoms with van der Waals surface area (Å²) in [5.41, 5.74) is 3.99. The molecule has 0 saturated carbocycles. The summed E-state index contributed by atoms with van der Waals surface area (Å²) in [6.07, 6.45) is 3.80. The number of amides is 2. The Hall–Kier alpha value is -3.59. The third-order valence-corrected chi connectivity index (χ3v) is 5.90. The zero-order chi connectivity index (χ0) is 20.5. The molecule has 0 spiro atoms. The van der Waals surface area contributed by atoms with Crippen LogP contribution in [0, 0.1) is 0 Å². The number of nitrogens with one attached hydrogen (secondary N) is 2. The summed E-state index contributed by atoms with van der Waals surface area (Å²) in [6.45, 7) is 0.815. The van der Waals surface area contributed by atoms with Gasteiger partial charge in [-0.3, -0.25) is 14.7 Å². The van der Waals surface area contributed by atoms with Crippen LogP contribution in [0.3, 0.4) is 0 Å². The Morgan fingerprint density at radius 2 is 2.00 bits per heavy atom. The Balaban J connectivity index is 1.39. The van der Waals surface area contributed by atoms with E-state index >= 15 is 0 Å². The lowest BCUT2D eigenvalue weighted by Crippen LogP contribution is -2.50. The van der Waals surface area contributed by atoms with Crippen molar-refractivity contribution in [3.63, 3.8) is 0 Å². The van der Waals surface area contributed by atoms with E-state index in [1.165, 1.54) is 11.8 Å². The fraction of sp³-hybridized carbons (Fsp3) is 0.190. The molecule has 1 aliphatic rings. The van der Waals surface area contributed by atoms with E-state index in [1.54, 1.807) is 17.2 Å². The highest BCUT2D eigenvalue weighted by Crippen LogP contribution is 2.25. The van der Waals surface area contributed by atoms with Crippen LogP contribution in [0.1, 0.15) is 32.0 Å². The van der Waals surface area contributed by atoms with Gasteiger partial charge in [-0.2, -0.15) is 13.8 Å². The predicted molar refractivity (Wildman–Crippen MR) is 112 cm³/mol. The molecule has 2 aromatic heterocycles. The molecule has 1 aliphatic heterocycles. The van der Waals surface area contributed by atoms with E-state index in [-0.39, 0.29) is 17.9 Å². The number of carbonyl (C=O) groups is 2. The molecule has 2 aromatic carbocycles. The number of H-pyrrole nitrogens is 1. The number of benzene rings is 2. The van der Waals surface area contributed by atoms with E-state index in [0.29, 0.717) is 30.8 Å². The average molecular weight is 418 g/mol. The second-order valence-electron chi connectivity index (χ2n) is 7.20. The topological polar surface area (TPSA) is 104 Å². The van der Waals surface area contributed by atoms with Crippen LogP contribution in [0.2, 0.25) is 0 Å². The third-order valence-electron chi connectivity index (χ3n) is 5.42. The summed E-state index contributed by atoms with van der Waals surface area (Å²) < 4.78 is 8.04. The molecule has 150 valence electrons. The number of fused-ring (bicyclic) bond motifs is 2. The molecule has 0 radical (unpaired) electrons. The van der Waals surface area contributed by atoms with Crippen LogP contribution in [0.25, 0.3) is 10.9 Å². The number of hydrogen-bond acceptors (Lipinski definition) is 6. The first-order valence-electron chi connectivity index (χ1n) is 9.56. The highest BCUT2D eigenvalue weighted by atomic mass is 32.1. The zero-order valence-corrected chi connectivity index (χ0v) is 16.7. The van der Waals surface area contributed by atoms with Gasteiger partial charge in [0.05, 0.1) is 41.2 Å². The Kier molecular flexibility index (Phi) is 4.72. The molecular weight excluding hydrogens is 400 g/mol. The van der Waals surface area contributed by atoms with Gasteiger partial charge < -0.3 is 10.2 Å². The van der Waals surface area contributed by atoms with E-state index in [9.17, 15) is 9.59 Å². The fourth-order valence-corrected chi connectivity index (χ4v) is 4.29. The largest absolute Gasteiger partial charge is 0.350 e. The minimum Gasteiger partial charge on any atom is -0.350 e. The Morgan fingerprint density at radius 1 is 1.13 bits per heavy atom. The van der Waals surface area contributed by atoms with E-state index in [2.05, 4.69) is 30.3 Å². The minimum atomic E-state index is -0.191. The molecule has 3 heterocycles. The van der Waals surface area contributed by atoms with Crippen molar-refractivity contribution in [2.24, 2.45) is 0 Å². The molecule has 0 saturated heterocycles. The standard InChI is InChI=1S/C21H18N6O2S/c28-20(16-6-3-7-18-17(16)10-23-25-18)22-9-15-8-13-4-1-2-5-14(13)12-27(15)21(29)19-11-24-30-26-19/h1-7,10-11,15H,8-9,12H2,(H,22,28)(H,23,25). The van der Waals surface area contributed by atoms with Crippen molar-refractivity contribution >= 4 is 34.4 Å². The molecule has 4 aromatic rings.